The Balaban J connectivity index is 2.06. The molecule has 2 rings (SSSR count). The normalized spacial score (nSPS) is 11.0. The van der Waals surface area contributed by atoms with Gasteiger partial charge in [-0.1, -0.05) is 0 Å². The van der Waals surface area contributed by atoms with Gasteiger partial charge in [-0.05, 0) is 38.3 Å². The van der Waals surface area contributed by atoms with Gasteiger partial charge in [-0.2, -0.15) is 0 Å². The van der Waals surface area contributed by atoms with E-state index in [-0.39, 0.29) is 5.82 Å². The molecular weight excluding hydrogens is 261 g/mol. The highest BCUT2D eigenvalue weighted by Gasteiger charge is 2.06. The zero-order valence-corrected chi connectivity index (χ0v) is 12.2. The Morgan fingerprint density at radius 2 is 2.21 bits per heavy atom. The predicted octanol–water partition coefficient (Wildman–Crippen LogP) is 3.94. The summed E-state index contributed by atoms with van der Waals surface area (Å²) in [6.07, 6.45) is 5.61. The molecule has 19 heavy (non-hydrogen) atoms. The van der Waals surface area contributed by atoms with Crippen molar-refractivity contribution in [3.8, 4) is 0 Å². The van der Waals surface area contributed by atoms with Crippen LogP contribution in [0.3, 0.4) is 0 Å². The van der Waals surface area contributed by atoms with Crippen molar-refractivity contribution in [1.82, 2.24) is 9.55 Å². The number of nitrogens with zero attached hydrogens (tertiary/aromatic N) is 2. The number of imidazole rings is 1. The Kier molecular flexibility index (Phi) is 4.47. The highest BCUT2D eigenvalue weighted by atomic mass is 32.2. The van der Waals surface area contributed by atoms with Crippen LogP contribution in [0.4, 0.5) is 10.1 Å². The summed E-state index contributed by atoms with van der Waals surface area (Å²) in [5, 5.41) is 3.20. The van der Waals surface area contributed by atoms with Gasteiger partial charge in [-0.25, -0.2) is 9.37 Å². The Labute approximate surface area is 117 Å². The smallest absolute Gasteiger partial charge is 0.138 e. The number of thioether (sulfide) groups is 1. The molecule has 0 aliphatic heterocycles. The summed E-state index contributed by atoms with van der Waals surface area (Å²) in [5.74, 6) is 0.758. The number of rotatable bonds is 5. The summed E-state index contributed by atoms with van der Waals surface area (Å²) >= 11 is 1.41. The Hall–Kier alpha value is -1.49. The lowest BCUT2D eigenvalue weighted by molar-refractivity contribution is 0.572. The number of aromatic nitrogens is 2. The van der Waals surface area contributed by atoms with Gasteiger partial charge in [0.25, 0.3) is 0 Å². The van der Waals surface area contributed by atoms with E-state index in [0.717, 1.165) is 11.5 Å². The highest BCUT2D eigenvalue weighted by molar-refractivity contribution is 7.98. The fourth-order valence-electron chi connectivity index (χ4n) is 1.91. The second-order valence-corrected chi connectivity index (χ2v) is 5.40. The van der Waals surface area contributed by atoms with Crippen molar-refractivity contribution in [2.75, 3.05) is 11.6 Å². The van der Waals surface area contributed by atoms with Crippen molar-refractivity contribution in [2.45, 2.75) is 31.3 Å². The molecule has 0 saturated carbocycles. The fourth-order valence-corrected chi connectivity index (χ4v) is 2.37. The maximum Gasteiger partial charge on any atom is 0.138 e. The van der Waals surface area contributed by atoms with Crippen LogP contribution in [0, 0.1) is 5.82 Å². The SMILES string of the molecule is CSc1ccc(NCc2nccn2C(C)C)cc1F. The Morgan fingerprint density at radius 3 is 2.84 bits per heavy atom. The number of benzene rings is 1. The molecule has 0 saturated heterocycles. The minimum atomic E-state index is -0.190. The van der Waals surface area contributed by atoms with E-state index in [9.17, 15) is 4.39 Å². The van der Waals surface area contributed by atoms with Crippen molar-refractivity contribution in [1.29, 1.82) is 0 Å². The second kappa shape index (κ2) is 6.10. The first-order valence-electron chi connectivity index (χ1n) is 6.21. The van der Waals surface area contributed by atoms with E-state index in [1.54, 1.807) is 12.3 Å². The zero-order valence-electron chi connectivity index (χ0n) is 11.4. The Morgan fingerprint density at radius 1 is 1.42 bits per heavy atom. The molecule has 2 aromatic rings. The first-order valence-corrected chi connectivity index (χ1v) is 7.43. The van der Waals surface area contributed by atoms with Crippen molar-refractivity contribution >= 4 is 17.4 Å². The molecule has 0 atom stereocenters. The third kappa shape index (κ3) is 3.29. The Bertz CT molecular complexity index is 551. The lowest BCUT2D eigenvalue weighted by Gasteiger charge is -2.13. The van der Waals surface area contributed by atoms with Crippen LogP contribution in [0.25, 0.3) is 0 Å². The molecule has 0 radical (unpaired) electrons. The van der Waals surface area contributed by atoms with Gasteiger partial charge in [-0.3, -0.25) is 0 Å². The standard InChI is InChI=1S/C14H18FN3S/c1-10(2)18-7-6-16-14(18)9-17-11-4-5-13(19-3)12(15)8-11/h4-8,10,17H,9H2,1-3H3. The van der Waals surface area contributed by atoms with Crippen LogP contribution < -0.4 is 5.32 Å². The summed E-state index contributed by atoms with van der Waals surface area (Å²) in [6.45, 7) is 4.81. The van der Waals surface area contributed by atoms with Crippen molar-refractivity contribution in [3.63, 3.8) is 0 Å². The van der Waals surface area contributed by atoms with E-state index in [4.69, 9.17) is 0 Å². The predicted molar refractivity (Wildman–Crippen MR) is 78.1 cm³/mol. The summed E-state index contributed by atoms with van der Waals surface area (Å²) in [7, 11) is 0. The topological polar surface area (TPSA) is 29.9 Å². The molecule has 0 aliphatic carbocycles. The molecular formula is C14H18FN3S. The number of nitrogens with one attached hydrogen (secondary N) is 1. The van der Waals surface area contributed by atoms with Gasteiger partial charge in [0.15, 0.2) is 0 Å². The summed E-state index contributed by atoms with van der Waals surface area (Å²) < 4.78 is 15.7. The van der Waals surface area contributed by atoms with E-state index >= 15 is 0 Å². The van der Waals surface area contributed by atoms with Gasteiger partial charge in [0, 0.05) is 29.0 Å². The van der Waals surface area contributed by atoms with E-state index in [2.05, 4.69) is 28.7 Å². The monoisotopic (exact) mass is 279 g/mol. The first kappa shape index (κ1) is 13.9. The molecule has 1 N–H and O–H groups in total. The third-order valence-electron chi connectivity index (χ3n) is 2.91. The van der Waals surface area contributed by atoms with Gasteiger partial charge < -0.3 is 9.88 Å². The van der Waals surface area contributed by atoms with Crippen LogP contribution >= 0.6 is 11.8 Å². The molecule has 0 unspecified atom stereocenters. The highest BCUT2D eigenvalue weighted by Crippen LogP contribution is 2.22. The van der Waals surface area contributed by atoms with Crippen molar-refractivity contribution in [2.24, 2.45) is 0 Å². The van der Waals surface area contributed by atoms with Crippen LogP contribution in [-0.2, 0) is 6.54 Å². The fraction of sp³-hybridized carbons (Fsp3) is 0.357. The zero-order chi connectivity index (χ0) is 13.8. The van der Waals surface area contributed by atoms with Crippen LogP contribution in [0.5, 0.6) is 0 Å². The molecule has 0 aliphatic rings. The third-order valence-corrected chi connectivity index (χ3v) is 3.68. The van der Waals surface area contributed by atoms with Gasteiger partial charge >= 0.3 is 0 Å². The molecule has 0 amide bonds. The van der Waals surface area contributed by atoms with Crippen LogP contribution in [0.15, 0.2) is 35.5 Å². The van der Waals surface area contributed by atoms with Crippen LogP contribution in [0.2, 0.25) is 0 Å². The number of anilines is 1. The van der Waals surface area contributed by atoms with E-state index < -0.39 is 0 Å². The van der Waals surface area contributed by atoms with E-state index in [1.807, 2.05) is 18.5 Å². The molecule has 0 fully saturated rings. The van der Waals surface area contributed by atoms with Crippen LogP contribution in [0.1, 0.15) is 25.7 Å². The second-order valence-electron chi connectivity index (χ2n) is 4.55. The van der Waals surface area contributed by atoms with E-state index in [1.165, 1.54) is 17.8 Å². The van der Waals surface area contributed by atoms with Gasteiger partial charge in [-0.15, -0.1) is 11.8 Å². The molecule has 1 aromatic heterocycles. The summed E-state index contributed by atoms with van der Waals surface area (Å²) in [6, 6.07) is 5.57. The molecule has 0 bridgehead atoms. The van der Waals surface area contributed by atoms with Crippen molar-refractivity contribution < 1.29 is 4.39 Å². The molecule has 102 valence electrons. The minimum absolute atomic E-state index is 0.190. The molecule has 1 aromatic carbocycles. The number of hydrogen-bond acceptors (Lipinski definition) is 3. The lowest BCUT2D eigenvalue weighted by Crippen LogP contribution is -2.10. The van der Waals surface area contributed by atoms with Gasteiger partial charge in [0.05, 0.1) is 6.54 Å². The maximum absolute atomic E-state index is 13.6. The van der Waals surface area contributed by atoms with E-state index in [0.29, 0.717) is 17.5 Å². The average molecular weight is 279 g/mol. The minimum Gasteiger partial charge on any atom is -0.378 e. The quantitative estimate of drug-likeness (QED) is 0.841. The summed E-state index contributed by atoms with van der Waals surface area (Å²) in [4.78, 5) is 4.97. The summed E-state index contributed by atoms with van der Waals surface area (Å²) in [5.41, 5.74) is 0.772. The molecule has 3 nitrogen and oxygen atoms in total. The molecule has 5 heteroatoms. The first-order chi connectivity index (χ1) is 9.11. The van der Waals surface area contributed by atoms with Gasteiger partial charge in [0.1, 0.15) is 11.6 Å². The van der Waals surface area contributed by atoms with Crippen LogP contribution in [-0.4, -0.2) is 15.8 Å². The average Bonchev–Trinajstić information content (AvgIpc) is 2.85. The molecule has 1 heterocycles. The number of halogens is 1. The van der Waals surface area contributed by atoms with Gasteiger partial charge in [0.2, 0.25) is 0 Å². The molecule has 0 spiro atoms. The van der Waals surface area contributed by atoms with Crippen molar-refractivity contribution in [3.05, 3.63) is 42.2 Å². The largest absolute Gasteiger partial charge is 0.378 e. The lowest BCUT2D eigenvalue weighted by atomic mass is 10.3. The number of hydrogen-bond donors (Lipinski definition) is 1. The maximum atomic E-state index is 13.6.